The number of rotatable bonds is 6. The van der Waals surface area contributed by atoms with Crippen molar-refractivity contribution in [2.24, 2.45) is 17.8 Å². The van der Waals surface area contributed by atoms with Crippen molar-refractivity contribution in [1.29, 1.82) is 5.26 Å². The molecule has 0 bridgehead atoms. The fourth-order valence-corrected chi connectivity index (χ4v) is 2.71. The van der Waals surface area contributed by atoms with E-state index in [1.807, 2.05) is 0 Å². The third-order valence-electron chi connectivity index (χ3n) is 4.12. The lowest BCUT2D eigenvalue weighted by atomic mass is 9.87. The normalized spacial score (nSPS) is 19.5. The summed E-state index contributed by atoms with van der Waals surface area (Å²) in [6.45, 7) is 6.38. The van der Waals surface area contributed by atoms with E-state index < -0.39 is 0 Å². The monoisotopic (exact) mass is 236 g/mol. The maximum Gasteiger partial charge on any atom is 0.0671 e. The molecule has 0 aromatic carbocycles. The summed E-state index contributed by atoms with van der Waals surface area (Å²) in [5.74, 6) is 1.61. The summed E-state index contributed by atoms with van der Waals surface area (Å²) in [4.78, 5) is 2.35. The Kier molecular flexibility index (Phi) is 6.58. The maximum atomic E-state index is 9.09. The van der Waals surface area contributed by atoms with Crippen molar-refractivity contribution in [3.05, 3.63) is 0 Å². The first-order chi connectivity index (χ1) is 8.13. The van der Waals surface area contributed by atoms with E-state index in [1.165, 1.54) is 38.5 Å². The van der Waals surface area contributed by atoms with Crippen LogP contribution in [-0.4, -0.2) is 25.0 Å². The molecule has 1 rings (SSSR count). The topological polar surface area (TPSA) is 27.0 Å². The van der Waals surface area contributed by atoms with E-state index in [9.17, 15) is 0 Å². The molecule has 1 saturated carbocycles. The molecule has 0 aromatic rings. The molecule has 0 aromatic heterocycles. The lowest BCUT2D eigenvalue weighted by molar-refractivity contribution is 0.235. The zero-order chi connectivity index (χ0) is 12.7. The Hall–Kier alpha value is -0.550. The van der Waals surface area contributed by atoms with Crippen LogP contribution in [0.5, 0.6) is 0 Å². The Morgan fingerprint density at radius 3 is 2.41 bits per heavy atom. The van der Waals surface area contributed by atoms with Crippen LogP contribution in [0.4, 0.5) is 0 Å². The lowest BCUT2D eigenvalue weighted by Crippen LogP contribution is -2.29. The van der Waals surface area contributed by atoms with Gasteiger partial charge in [0.2, 0.25) is 0 Å². The van der Waals surface area contributed by atoms with Gasteiger partial charge in [-0.2, -0.15) is 5.26 Å². The Bertz CT molecular complexity index is 236. The summed E-state index contributed by atoms with van der Waals surface area (Å²) in [6, 6.07) is 2.43. The van der Waals surface area contributed by atoms with E-state index in [0.717, 1.165) is 19.0 Å². The highest BCUT2D eigenvalue weighted by atomic mass is 15.1. The van der Waals surface area contributed by atoms with Crippen molar-refractivity contribution in [2.75, 3.05) is 20.1 Å². The zero-order valence-corrected chi connectivity index (χ0v) is 11.8. The summed E-state index contributed by atoms with van der Waals surface area (Å²) in [5, 5.41) is 9.09. The van der Waals surface area contributed by atoms with Gasteiger partial charge in [0.15, 0.2) is 0 Å². The smallest absolute Gasteiger partial charge is 0.0671 e. The number of nitriles is 1. The van der Waals surface area contributed by atoms with Gasteiger partial charge in [-0.1, -0.05) is 46.0 Å². The third-order valence-corrected chi connectivity index (χ3v) is 4.12. The highest BCUT2D eigenvalue weighted by Crippen LogP contribution is 2.26. The van der Waals surface area contributed by atoms with Gasteiger partial charge in [0.25, 0.3) is 0 Å². The van der Waals surface area contributed by atoms with E-state index in [1.54, 1.807) is 0 Å². The van der Waals surface area contributed by atoms with Gasteiger partial charge >= 0.3 is 0 Å². The largest absolute Gasteiger partial charge is 0.305 e. The van der Waals surface area contributed by atoms with Crippen molar-refractivity contribution in [2.45, 2.75) is 52.4 Å². The van der Waals surface area contributed by atoms with Crippen LogP contribution in [0, 0.1) is 29.1 Å². The predicted molar refractivity (Wildman–Crippen MR) is 72.6 cm³/mol. The minimum atomic E-state index is 0.186. The second kappa shape index (κ2) is 7.71. The highest BCUT2D eigenvalue weighted by Gasteiger charge is 2.17. The van der Waals surface area contributed by atoms with Gasteiger partial charge < -0.3 is 4.90 Å². The first-order valence-electron chi connectivity index (χ1n) is 7.21. The summed E-state index contributed by atoms with van der Waals surface area (Å²) in [7, 11) is 2.16. The van der Waals surface area contributed by atoms with E-state index in [2.05, 4.69) is 31.9 Å². The van der Waals surface area contributed by atoms with Crippen molar-refractivity contribution < 1.29 is 0 Å². The molecule has 17 heavy (non-hydrogen) atoms. The molecule has 1 unspecified atom stereocenters. The van der Waals surface area contributed by atoms with Crippen molar-refractivity contribution in [3.8, 4) is 6.07 Å². The molecule has 0 radical (unpaired) electrons. The van der Waals surface area contributed by atoms with Crippen LogP contribution >= 0.6 is 0 Å². The predicted octanol–water partition coefficient (Wildman–Crippen LogP) is 3.68. The summed E-state index contributed by atoms with van der Waals surface area (Å²) >= 11 is 0. The molecule has 0 N–H and O–H groups in total. The highest BCUT2D eigenvalue weighted by molar-refractivity contribution is 4.87. The van der Waals surface area contributed by atoms with Crippen LogP contribution in [-0.2, 0) is 0 Å². The minimum absolute atomic E-state index is 0.186. The molecule has 1 atom stereocenters. The molecular formula is C15H28N2. The molecule has 0 heterocycles. The van der Waals surface area contributed by atoms with Gasteiger partial charge in [0.05, 0.1) is 12.0 Å². The van der Waals surface area contributed by atoms with Crippen LogP contribution < -0.4 is 0 Å². The molecule has 0 spiro atoms. The Morgan fingerprint density at radius 1 is 1.24 bits per heavy atom. The van der Waals surface area contributed by atoms with Crippen LogP contribution in [0.2, 0.25) is 0 Å². The van der Waals surface area contributed by atoms with E-state index in [0.29, 0.717) is 5.92 Å². The SMILES string of the molecule is CC(C)C(C#N)CN(C)CCC1CCCCC1. The number of hydrogen-bond donors (Lipinski definition) is 0. The molecule has 1 aliphatic rings. The van der Waals surface area contributed by atoms with E-state index in [4.69, 9.17) is 5.26 Å². The number of nitrogens with zero attached hydrogens (tertiary/aromatic N) is 2. The van der Waals surface area contributed by atoms with Crippen LogP contribution in [0.1, 0.15) is 52.4 Å². The molecule has 2 nitrogen and oxygen atoms in total. The fourth-order valence-electron chi connectivity index (χ4n) is 2.71. The summed E-state index contributed by atoms with van der Waals surface area (Å²) in [5.41, 5.74) is 0. The van der Waals surface area contributed by atoms with Crippen LogP contribution in [0.3, 0.4) is 0 Å². The van der Waals surface area contributed by atoms with Crippen molar-refractivity contribution >= 4 is 0 Å². The first-order valence-corrected chi connectivity index (χ1v) is 7.21. The number of hydrogen-bond acceptors (Lipinski definition) is 2. The Labute approximate surface area is 107 Å². The fraction of sp³-hybridized carbons (Fsp3) is 0.933. The Balaban J connectivity index is 2.19. The van der Waals surface area contributed by atoms with Gasteiger partial charge in [0.1, 0.15) is 0 Å². The molecule has 2 heteroatoms. The van der Waals surface area contributed by atoms with Gasteiger partial charge in [-0.3, -0.25) is 0 Å². The standard InChI is InChI=1S/C15H28N2/c1-13(2)15(11-16)12-17(3)10-9-14-7-5-4-6-8-14/h13-15H,4-10,12H2,1-3H3. The van der Waals surface area contributed by atoms with Gasteiger partial charge in [-0.25, -0.2) is 0 Å². The van der Waals surface area contributed by atoms with Gasteiger partial charge in [-0.15, -0.1) is 0 Å². The molecule has 0 amide bonds. The Morgan fingerprint density at radius 2 is 1.88 bits per heavy atom. The van der Waals surface area contributed by atoms with Crippen LogP contribution in [0.15, 0.2) is 0 Å². The van der Waals surface area contributed by atoms with Crippen molar-refractivity contribution in [1.82, 2.24) is 4.90 Å². The average Bonchev–Trinajstić information content (AvgIpc) is 2.34. The average molecular weight is 236 g/mol. The van der Waals surface area contributed by atoms with Gasteiger partial charge in [0, 0.05) is 6.54 Å². The zero-order valence-electron chi connectivity index (χ0n) is 11.8. The maximum absolute atomic E-state index is 9.09. The molecule has 1 aliphatic carbocycles. The lowest BCUT2D eigenvalue weighted by Gasteiger charge is -2.26. The van der Waals surface area contributed by atoms with Crippen molar-refractivity contribution in [3.63, 3.8) is 0 Å². The van der Waals surface area contributed by atoms with E-state index >= 15 is 0 Å². The second-order valence-electron chi connectivity index (χ2n) is 6.03. The minimum Gasteiger partial charge on any atom is -0.305 e. The molecular weight excluding hydrogens is 208 g/mol. The second-order valence-corrected chi connectivity index (χ2v) is 6.03. The van der Waals surface area contributed by atoms with Crippen LogP contribution in [0.25, 0.3) is 0 Å². The van der Waals surface area contributed by atoms with E-state index in [-0.39, 0.29) is 5.92 Å². The molecule has 0 aliphatic heterocycles. The van der Waals surface area contributed by atoms with Gasteiger partial charge in [-0.05, 0) is 31.8 Å². The quantitative estimate of drug-likeness (QED) is 0.703. The molecule has 0 saturated heterocycles. The third kappa shape index (κ3) is 5.55. The molecule has 98 valence electrons. The summed E-state index contributed by atoms with van der Waals surface area (Å²) < 4.78 is 0. The first kappa shape index (κ1) is 14.5. The summed E-state index contributed by atoms with van der Waals surface area (Å²) in [6.07, 6.45) is 8.49. The molecule has 1 fully saturated rings.